The van der Waals surface area contributed by atoms with Crippen molar-refractivity contribution in [1.29, 1.82) is 0 Å². The van der Waals surface area contributed by atoms with Gasteiger partial charge in [-0.3, -0.25) is 4.79 Å². The van der Waals surface area contributed by atoms with E-state index >= 15 is 0 Å². The Morgan fingerprint density at radius 1 is 1.14 bits per heavy atom. The number of rotatable bonds is 3. The maximum atomic E-state index is 12.6. The fourth-order valence-electron chi connectivity index (χ4n) is 4.71. The molecule has 1 aromatic heterocycles. The van der Waals surface area contributed by atoms with Crippen molar-refractivity contribution in [2.75, 3.05) is 31.1 Å². The van der Waals surface area contributed by atoms with Gasteiger partial charge in [-0.15, -0.1) is 0 Å². The topological polar surface area (TPSA) is 36.4 Å². The second-order valence-corrected chi connectivity index (χ2v) is 7.19. The molecule has 1 aliphatic heterocycles. The van der Waals surface area contributed by atoms with Crippen LogP contribution in [0.1, 0.15) is 32.1 Å². The van der Waals surface area contributed by atoms with Crippen molar-refractivity contribution in [3.8, 4) is 0 Å². The lowest BCUT2D eigenvalue weighted by molar-refractivity contribution is -0.132. The van der Waals surface area contributed by atoms with E-state index in [1.165, 1.54) is 25.7 Å². The van der Waals surface area contributed by atoms with Crippen LogP contribution in [0.15, 0.2) is 24.4 Å². The van der Waals surface area contributed by atoms with Crippen molar-refractivity contribution < 1.29 is 4.79 Å². The predicted octanol–water partition coefficient (Wildman–Crippen LogP) is 2.56. The van der Waals surface area contributed by atoms with Crippen molar-refractivity contribution >= 4 is 11.7 Å². The number of carbonyl (C=O) groups is 1. The molecule has 3 atom stereocenters. The molecule has 2 bridgehead atoms. The minimum Gasteiger partial charge on any atom is -0.353 e. The summed E-state index contributed by atoms with van der Waals surface area (Å²) in [6.45, 7) is 3.49. The van der Waals surface area contributed by atoms with E-state index in [0.29, 0.717) is 11.8 Å². The van der Waals surface area contributed by atoms with Crippen molar-refractivity contribution in [2.24, 2.45) is 17.8 Å². The Hall–Kier alpha value is -1.58. The predicted molar refractivity (Wildman–Crippen MR) is 86.6 cm³/mol. The molecule has 4 heteroatoms. The van der Waals surface area contributed by atoms with E-state index in [0.717, 1.165) is 50.3 Å². The Bertz CT molecular complexity index is 524. The summed E-state index contributed by atoms with van der Waals surface area (Å²) < 4.78 is 0. The number of carbonyl (C=O) groups excluding carboxylic acids is 1. The van der Waals surface area contributed by atoms with Gasteiger partial charge in [-0.2, -0.15) is 0 Å². The Morgan fingerprint density at radius 2 is 2.00 bits per heavy atom. The fraction of sp³-hybridized carbons (Fsp3) is 0.667. The second kappa shape index (κ2) is 5.90. The first-order chi connectivity index (χ1) is 10.8. The Kier molecular flexibility index (Phi) is 3.77. The fourth-order valence-corrected chi connectivity index (χ4v) is 4.71. The first-order valence-corrected chi connectivity index (χ1v) is 8.73. The van der Waals surface area contributed by atoms with E-state index in [1.807, 2.05) is 24.4 Å². The average molecular weight is 299 g/mol. The summed E-state index contributed by atoms with van der Waals surface area (Å²) in [6.07, 6.45) is 8.12. The number of fused-ring (bicyclic) bond motifs is 2. The average Bonchev–Trinajstić information content (AvgIpc) is 3.19. The van der Waals surface area contributed by atoms with Crippen LogP contribution >= 0.6 is 0 Å². The molecule has 22 heavy (non-hydrogen) atoms. The zero-order valence-electron chi connectivity index (χ0n) is 13.2. The third-order valence-electron chi connectivity index (χ3n) is 5.93. The standard InChI is InChI=1S/C18H25N3O/c22-18(13-16-12-14-4-5-15(16)11-14)21-9-7-20(8-10-21)17-3-1-2-6-19-17/h1-3,6,14-16H,4-5,7-13H2/t14-,15-,16-/m1/s1. The van der Waals surface area contributed by atoms with Gasteiger partial charge in [0.2, 0.25) is 5.91 Å². The zero-order chi connectivity index (χ0) is 14.9. The highest BCUT2D eigenvalue weighted by atomic mass is 16.2. The van der Waals surface area contributed by atoms with Gasteiger partial charge in [-0.05, 0) is 49.1 Å². The second-order valence-electron chi connectivity index (χ2n) is 7.19. The molecule has 0 unspecified atom stereocenters. The van der Waals surface area contributed by atoms with E-state index in [9.17, 15) is 4.79 Å². The first kappa shape index (κ1) is 14.0. The van der Waals surface area contributed by atoms with Gasteiger partial charge >= 0.3 is 0 Å². The summed E-state index contributed by atoms with van der Waals surface area (Å²) in [5.74, 6) is 3.88. The zero-order valence-corrected chi connectivity index (χ0v) is 13.2. The molecule has 1 aromatic rings. The lowest BCUT2D eigenvalue weighted by Crippen LogP contribution is -2.49. The van der Waals surface area contributed by atoms with Gasteiger partial charge < -0.3 is 9.80 Å². The lowest BCUT2D eigenvalue weighted by Gasteiger charge is -2.36. The molecule has 2 saturated carbocycles. The molecule has 3 fully saturated rings. The van der Waals surface area contributed by atoms with E-state index in [1.54, 1.807) is 0 Å². The number of pyridine rings is 1. The molecule has 0 aromatic carbocycles. The van der Waals surface area contributed by atoms with Gasteiger partial charge in [0.15, 0.2) is 0 Å². The smallest absolute Gasteiger partial charge is 0.222 e. The molecule has 118 valence electrons. The van der Waals surface area contributed by atoms with Crippen LogP contribution in [0.2, 0.25) is 0 Å². The molecule has 4 rings (SSSR count). The maximum absolute atomic E-state index is 12.6. The number of nitrogens with zero attached hydrogens (tertiary/aromatic N) is 3. The Balaban J connectivity index is 1.29. The number of hydrogen-bond donors (Lipinski definition) is 0. The molecule has 3 aliphatic rings. The molecule has 2 aliphatic carbocycles. The number of aromatic nitrogens is 1. The van der Waals surface area contributed by atoms with Crippen molar-refractivity contribution in [2.45, 2.75) is 32.1 Å². The summed E-state index contributed by atoms with van der Waals surface area (Å²) in [5, 5.41) is 0. The van der Waals surface area contributed by atoms with Gasteiger partial charge in [0, 0.05) is 38.8 Å². The Morgan fingerprint density at radius 3 is 2.64 bits per heavy atom. The Labute approximate surface area is 132 Å². The van der Waals surface area contributed by atoms with Crippen molar-refractivity contribution in [3.63, 3.8) is 0 Å². The molecule has 0 N–H and O–H groups in total. The van der Waals surface area contributed by atoms with Crippen LogP contribution in [0, 0.1) is 17.8 Å². The third-order valence-corrected chi connectivity index (χ3v) is 5.93. The number of anilines is 1. The SMILES string of the molecule is O=C(C[C@H]1C[C@@H]2CC[C@@H]1C2)N1CCN(c2ccccn2)CC1. The molecule has 4 nitrogen and oxygen atoms in total. The van der Waals surface area contributed by atoms with Crippen LogP contribution in [0.5, 0.6) is 0 Å². The molecule has 0 spiro atoms. The van der Waals surface area contributed by atoms with Gasteiger partial charge in [-0.25, -0.2) is 4.98 Å². The van der Waals surface area contributed by atoms with Crippen LogP contribution in [0.25, 0.3) is 0 Å². The lowest BCUT2D eigenvalue weighted by atomic mass is 9.86. The summed E-state index contributed by atoms with van der Waals surface area (Å²) in [6, 6.07) is 6.01. The summed E-state index contributed by atoms with van der Waals surface area (Å²) >= 11 is 0. The molecule has 1 saturated heterocycles. The van der Waals surface area contributed by atoms with Crippen LogP contribution in [0.3, 0.4) is 0 Å². The van der Waals surface area contributed by atoms with Gasteiger partial charge in [-0.1, -0.05) is 12.5 Å². The normalized spacial score (nSPS) is 30.8. The monoisotopic (exact) mass is 299 g/mol. The summed E-state index contributed by atoms with van der Waals surface area (Å²) in [7, 11) is 0. The maximum Gasteiger partial charge on any atom is 0.222 e. The van der Waals surface area contributed by atoms with Crippen molar-refractivity contribution in [3.05, 3.63) is 24.4 Å². The van der Waals surface area contributed by atoms with E-state index in [-0.39, 0.29) is 0 Å². The van der Waals surface area contributed by atoms with Gasteiger partial charge in [0.1, 0.15) is 5.82 Å². The quantitative estimate of drug-likeness (QED) is 0.860. The first-order valence-electron chi connectivity index (χ1n) is 8.73. The molecule has 1 amide bonds. The highest BCUT2D eigenvalue weighted by Crippen LogP contribution is 2.49. The third kappa shape index (κ3) is 2.71. The van der Waals surface area contributed by atoms with Gasteiger partial charge in [0.25, 0.3) is 0 Å². The molecular weight excluding hydrogens is 274 g/mol. The van der Waals surface area contributed by atoms with Gasteiger partial charge in [0.05, 0.1) is 0 Å². The summed E-state index contributed by atoms with van der Waals surface area (Å²) in [4.78, 5) is 21.3. The van der Waals surface area contributed by atoms with Crippen molar-refractivity contribution in [1.82, 2.24) is 9.88 Å². The minimum absolute atomic E-state index is 0.387. The number of piperazine rings is 1. The number of hydrogen-bond acceptors (Lipinski definition) is 3. The van der Waals surface area contributed by atoms with E-state index in [4.69, 9.17) is 0 Å². The molecule has 0 radical (unpaired) electrons. The highest BCUT2D eigenvalue weighted by molar-refractivity contribution is 5.77. The van der Waals surface area contributed by atoms with Crippen LogP contribution in [0.4, 0.5) is 5.82 Å². The summed E-state index contributed by atoms with van der Waals surface area (Å²) in [5.41, 5.74) is 0. The van der Waals surface area contributed by atoms with E-state index < -0.39 is 0 Å². The highest BCUT2D eigenvalue weighted by Gasteiger charge is 2.40. The van der Waals surface area contributed by atoms with E-state index in [2.05, 4.69) is 14.8 Å². The number of amides is 1. The van der Waals surface area contributed by atoms with Crippen LogP contribution < -0.4 is 4.90 Å². The largest absolute Gasteiger partial charge is 0.353 e. The molecular formula is C18H25N3O. The molecule has 2 heterocycles. The van der Waals surface area contributed by atoms with Crippen LogP contribution in [-0.2, 0) is 4.79 Å². The van der Waals surface area contributed by atoms with Crippen LogP contribution in [-0.4, -0.2) is 42.0 Å². The minimum atomic E-state index is 0.387.